The summed E-state index contributed by atoms with van der Waals surface area (Å²) in [5, 5.41) is 0. The van der Waals surface area contributed by atoms with Gasteiger partial charge in [0.15, 0.2) is 14.7 Å². The first-order valence-electron chi connectivity index (χ1n) is 16.3. The number of rotatable bonds is 21. The second kappa shape index (κ2) is 20.0. The maximum atomic E-state index is 2.39. The molecular weight excluding hydrogens is 488 g/mol. The van der Waals surface area contributed by atoms with Crippen LogP contribution in [0.15, 0.2) is 93.5 Å². The average Bonchev–Trinajstić information content (AvgIpc) is 2.98. The average molecular weight is 544 g/mol. The Balaban J connectivity index is 1.52. The summed E-state index contributed by atoms with van der Waals surface area (Å²) >= 11 is 0. The molecule has 0 saturated carbocycles. The summed E-state index contributed by atoms with van der Waals surface area (Å²) in [5.74, 6) is 0. The maximum Gasteiger partial charge on any atom is 0.166 e. The Morgan fingerprint density at radius 3 is 1.08 bits per heavy atom. The van der Waals surface area contributed by atoms with E-state index < -0.39 is 0 Å². The molecule has 0 heterocycles. The fraction of sp³-hybridized carbons (Fsp3) is 0.526. The lowest BCUT2D eigenvalue weighted by atomic mass is 10.0. The molecule has 0 radical (unpaired) electrons. The molecule has 3 rings (SSSR count). The van der Waals surface area contributed by atoms with Crippen molar-refractivity contribution in [1.82, 2.24) is 0 Å². The molecule has 0 saturated heterocycles. The minimum absolute atomic E-state index is 0.0573. The van der Waals surface area contributed by atoms with Crippen molar-refractivity contribution in [2.75, 3.05) is 0 Å². The number of aryl methyl sites for hydroxylation is 2. The lowest BCUT2D eigenvalue weighted by molar-refractivity contribution is 0.575. The highest BCUT2D eigenvalue weighted by Gasteiger charge is 2.28. The highest BCUT2D eigenvalue weighted by molar-refractivity contribution is 7.97. The quantitative estimate of drug-likeness (QED) is 0.0925. The number of hydrogen-bond acceptors (Lipinski definition) is 0. The SMILES string of the molecule is CCCCCCCCCCc1ccc([S+](c2ccccc2)c2ccc(CCCCCCCCCC)cc2)cc1. The Morgan fingerprint density at radius 2 is 0.692 bits per heavy atom. The van der Waals surface area contributed by atoms with Crippen LogP contribution in [-0.4, -0.2) is 0 Å². The molecule has 0 N–H and O–H groups in total. The molecule has 0 unspecified atom stereocenters. The largest absolute Gasteiger partial charge is 0.166 e. The van der Waals surface area contributed by atoms with E-state index in [1.807, 2.05) is 0 Å². The van der Waals surface area contributed by atoms with Crippen molar-refractivity contribution >= 4 is 10.9 Å². The van der Waals surface area contributed by atoms with Crippen molar-refractivity contribution in [1.29, 1.82) is 0 Å². The molecule has 0 atom stereocenters. The normalized spacial score (nSPS) is 11.4. The Labute approximate surface area is 244 Å². The third-order valence-corrected chi connectivity index (χ3v) is 10.2. The van der Waals surface area contributed by atoms with E-state index in [0.717, 1.165) is 0 Å². The topological polar surface area (TPSA) is 0 Å². The number of benzene rings is 3. The lowest BCUT2D eigenvalue weighted by Crippen LogP contribution is -2.05. The summed E-state index contributed by atoms with van der Waals surface area (Å²) in [7, 11) is -0.0573. The third kappa shape index (κ3) is 12.4. The Kier molecular flexibility index (Phi) is 16.2. The summed E-state index contributed by atoms with van der Waals surface area (Å²) < 4.78 is 0. The zero-order valence-electron chi connectivity index (χ0n) is 25.1. The van der Waals surface area contributed by atoms with E-state index in [2.05, 4.69) is 92.7 Å². The molecule has 1 heteroatoms. The summed E-state index contributed by atoms with van der Waals surface area (Å²) in [6.45, 7) is 4.59. The molecule has 212 valence electrons. The van der Waals surface area contributed by atoms with Crippen molar-refractivity contribution in [2.45, 2.75) is 144 Å². The molecule has 0 aliphatic rings. The molecule has 0 amide bonds. The molecule has 0 spiro atoms. The number of unbranched alkanes of at least 4 members (excludes halogenated alkanes) is 14. The number of hydrogen-bond donors (Lipinski definition) is 0. The van der Waals surface area contributed by atoms with Gasteiger partial charge in [0, 0.05) is 0 Å². The van der Waals surface area contributed by atoms with Gasteiger partial charge in [-0.3, -0.25) is 0 Å². The summed E-state index contributed by atoms with van der Waals surface area (Å²) in [6.07, 6.45) is 24.6. The molecule has 0 aromatic heterocycles. The Bertz CT molecular complexity index is 910. The third-order valence-electron chi connectivity index (χ3n) is 7.94. The van der Waals surface area contributed by atoms with Gasteiger partial charge >= 0.3 is 0 Å². The molecular formula is C38H55S+. The monoisotopic (exact) mass is 543 g/mol. The summed E-state index contributed by atoms with van der Waals surface area (Å²) in [4.78, 5) is 4.26. The van der Waals surface area contributed by atoms with Crippen molar-refractivity contribution < 1.29 is 0 Å². The van der Waals surface area contributed by atoms with Gasteiger partial charge < -0.3 is 0 Å². The first-order chi connectivity index (χ1) is 19.3. The second-order valence-corrected chi connectivity index (χ2v) is 13.4. The van der Waals surface area contributed by atoms with Gasteiger partial charge in [0.25, 0.3) is 0 Å². The molecule has 0 aliphatic carbocycles. The zero-order chi connectivity index (χ0) is 27.4. The highest BCUT2D eigenvalue weighted by Crippen LogP contribution is 2.32. The van der Waals surface area contributed by atoms with E-state index in [9.17, 15) is 0 Å². The van der Waals surface area contributed by atoms with Gasteiger partial charge in [-0.25, -0.2) is 0 Å². The van der Waals surface area contributed by atoms with Crippen LogP contribution in [0.5, 0.6) is 0 Å². The van der Waals surface area contributed by atoms with Crippen LogP contribution in [0, 0.1) is 0 Å². The summed E-state index contributed by atoms with van der Waals surface area (Å²) in [6, 6.07) is 30.2. The predicted octanol–water partition coefficient (Wildman–Crippen LogP) is 12.1. The van der Waals surface area contributed by atoms with Crippen LogP contribution >= 0.6 is 0 Å². The van der Waals surface area contributed by atoms with Gasteiger partial charge in [0.1, 0.15) is 0 Å². The van der Waals surface area contributed by atoms with Gasteiger partial charge in [-0.15, -0.1) is 0 Å². The minimum atomic E-state index is -0.0573. The van der Waals surface area contributed by atoms with Gasteiger partial charge in [-0.1, -0.05) is 146 Å². The van der Waals surface area contributed by atoms with E-state index in [1.165, 1.54) is 141 Å². The molecule has 3 aromatic carbocycles. The molecule has 3 aromatic rings. The molecule has 0 fully saturated rings. The van der Waals surface area contributed by atoms with Crippen LogP contribution in [0.1, 0.15) is 128 Å². The van der Waals surface area contributed by atoms with Gasteiger partial charge in [-0.05, 0) is 73.2 Å². The first kappa shape index (κ1) is 31.5. The summed E-state index contributed by atoms with van der Waals surface area (Å²) in [5.41, 5.74) is 2.98. The van der Waals surface area contributed by atoms with Crippen molar-refractivity contribution in [3.05, 3.63) is 90.0 Å². The lowest BCUT2D eigenvalue weighted by Gasteiger charge is -2.10. The first-order valence-corrected chi connectivity index (χ1v) is 17.5. The predicted molar refractivity (Wildman–Crippen MR) is 174 cm³/mol. The minimum Gasteiger partial charge on any atom is -0.0654 e. The highest BCUT2D eigenvalue weighted by atomic mass is 32.2. The van der Waals surface area contributed by atoms with E-state index >= 15 is 0 Å². The van der Waals surface area contributed by atoms with Crippen LogP contribution in [0.25, 0.3) is 0 Å². The van der Waals surface area contributed by atoms with Crippen LogP contribution in [0.3, 0.4) is 0 Å². The fourth-order valence-corrected chi connectivity index (χ4v) is 7.54. The van der Waals surface area contributed by atoms with Gasteiger partial charge in [-0.2, -0.15) is 0 Å². The van der Waals surface area contributed by atoms with Crippen LogP contribution < -0.4 is 0 Å². The van der Waals surface area contributed by atoms with E-state index in [0.29, 0.717) is 0 Å². The van der Waals surface area contributed by atoms with E-state index in [4.69, 9.17) is 0 Å². The van der Waals surface area contributed by atoms with Gasteiger partial charge in [0.05, 0.1) is 10.9 Å². The molecule has 0 bridgehead atoms. The zero-order valence-corrected chi connectivity index (χ0v) is 26.0. The Morgan fingerprint density at radius 1 is 0.359 bits per heavy atom. The van der Waals surface area contributed by atoms with Crippen molar-refractivity contribution in [3.8, 4) is 0 Å². The van der Waals surface area contributed by atoms with Crippen LogP contribution in [0.2, 0.25) is 0 Å². The van der Waals surface area contributed by atoms with Gasteiger partial charge in [0.2, 0.25) is 0 Å². The van der Waals surface area contributed by atoms with Crippen LogP contribution in [-0.2, 0) is 23.7 Å². The molecule has 0 nitrogen and oxygen atoms in total. The maximum absolute atomic E-state index is 2.39. The smallest absolute Gasteiger partial charge is 0.0654 e. The standard InChI is InChI=1S/C38H55S/c1-3-5-7-9-11-13-15-18-22-34-26-30-37(31-27-34)39(36-24-20-17-21-25-36)38-32-28-35(29-33-38)23-19-16-14-12-10-8-6-4-2/h17,20-21,24-33H,3-16,18-19,22-23H2,1-2H3/q+1. The Hall–Kier alpha value is -1.99. The molecule has 39 heavy (non-hydrogen) atoms. The van der Waals surface area contributed by atoms with E-state index in [1.54, 1.807) is 0 Å². The van der Waals surface area contributed by atoms with Crippen molar-refractivity contribution in [2.24, 2.45) is 0 Å². The van der Waals surface area contributed by atoms with Crippen LogP contribution in [0.4, 0.5) is 0 Å². The molecule has 0 aliphatic heterocycles. The van der Waals surface area contributed by atoms with Crippen molar-refractivity contribution in [3.63, 3.8) is 0 Å². The fourth-order valence-electron chi connectivity index (χ4n) is 5.48. The second-order valence-electron chi connectivity index (χ2n) is 11.4. The van der Waals surface area contributed by atoms with E-state index in [-0.39, 0.29) is 10.9 Å².